The maximum atomic E-state index is 14.5. The first-order chi connectivity index (χ1) is 30.4. The molecule has 0 radical (unpaired) electrons. The number of amides is 1. The Kier molecular flexibility index (Phi) is 18.9. The molecule has 2 bridgehead atoms. The number of ketones is 2. The fourth-order valence-corrected chi connectivity index (χ4v) is 10.5. The van der Waals surface area contributed by atoms with E-state index in [1.807, 2.05) is 26.0 Å². The van der Waals surface area contributed by atoms with Crippen molar-refractivity contribution < 1.29 is 67.3 Å². The Labute approximate surface area is 379 Å². The van der Waals surface area contributed by atoms with Crippen molar-refractivity contribution in [1.82, 2.24) is 4.90 Å². The molecule has 1 aliphatic carbocycles. The molecule has 3 saturated heterocycles. The van der Waals surface area contributed by atoms with Crippen LogP contribution in [0.4, 0.5) is 0 Å². The van der Waals surface area contributed by atoms with Crippen molar-refractivity contribution in [2.24, 2.45) is 29.6 Å². The molecule has 0 aromatic rings. The Bertz CT molecular complexity index is 1710. The lowest BCUT2D eigenvalue weighted by molar-refractivity contribution is -0.302. The van der Waals surface area contributed by atoms with E-state index in [4.69, 9.17) is 33.2 Å². The van der Waals surface area contributed by atoms with Crippen LogP contribution >= 0.6 is 0 Å². The van der Waals surface area contributed by atoms with Gasteiger partial charge in [-0.3, -0.25) is 19.2 Å². The van der Waals surface area contributed by atoms with E-state index in [0.29, 0.717) is 75.5 Å². The minimum Gasteiger partial charge on any atom is -0.460 e. The van der Waals surface area contributed by atoms with E-state index in [1.165, 1.54) is 19.1 Å². The smallest absolute Gasteiger partial charge is 0.329 e. The molecule has 15 nitrogen and oxygen atoms in total. The number of allylic oxidation sites excluding steroid dienone is 4. The number of Topliss-reactive ketones (excluding diaryl/α,β-unsaturated/α-hetero) is 2. The van der Waals surface area contributed by atoms with Gasteiger partial charge in [-0.2, -0.15) is 0 Å². The highest BCUT2D eigenvalue weighted by Gasteiger charge is 2.56. The van der Waals surface area contributed by atoms with Crippen LogP contribution in [0.2, 0.25) is 0 Å². The summed E-state index contributed by atoms with van der Waals surface area (Å²) >= 11 is 0. The van der Waals surface area contributed by atoms with E-state index in [-0.39, 0.29) is 73.6 Å². The highest BCUT2D eigenvalue weighted by atomic mass is 16.7. The van der Waals surface area contributed by atoms with Crippen LogP contribution in [-0.4, -0.2) is 140 Å². The molecule has 2 N–H and O–H groups in total. The number of hydrogen-bond donors (Lipinski definition) is 2. The zero-order chi connectivity index (χ0) is 46.9. The molecule has 2 unspecified atom stereocenters. The first kappa shape index (κ1) is 51.7. The van der Waals surface area contributed by atoms with Crippen LogP contribution in [0.15, 0.2) is 36.0 Å². The van der Waals surface area contributed by atoms with Crippen molar-refractivity contribution in [3.63, 3.8) is 0 Å². The number of aliphatic hydroxyl groups excluding tert-OH is 1. The van der Waals surface area contributed by atoms with Crippen LogP contribution in [0.5, 0.6) is 0 Å². The van der Waals surface area contributed by atoms with E-state index < -0.39 is 71.8 Å². The van der Waals surface area contributed by atoms with Gasteiger partial charge in [0.15, 0.2) is 5.78 Å². The molecule has 0 aromatic carbocycles. The number of carbonyl (C=O) groups excluding carboxylic acids is 5. The second-order valence-corrected chi connectivity index (χ2v) is 19.2. The summed E-state index contributed by atoms with van der Waals surface area (Å²) in [5, 5.41) is 23.9. The second-order valence-electron chi connectivity index (χ2n) is 19.2. The third-order valence-corrected chi connectivity index (χ3v) is 14.3. The fraction of sp³-hybridized carbons (Fsp3) is 0.776. The van der Waals surface area contributed by atoms with Gasteiger partial charge in [-0.25, -0.2) is 4.79 Å². The molecule has 1 saturated carbocycles. The highest BCUT2D eigenvalue weighted by Crippen LogP contribution is 2.39. The summed E-state index contributed by atoms with van der Waals surface area (Å²) in [6.07, 6.45) is 6.26. The quantitative estimate of drug-likeness (QED) is 0.162. The fourth-order valence-electron chi connectivity index (χ4n) is 10.5. The molecular formula is C49H75NO14. The van der Waals surface area contributed by atoms with Crippen LogP contribution in [-0.2, 0) is 57.1 Å². The number of rotatable bonds is 10. The first-order valence-corrected chi connectivity index (χ1v) is 23.5. The molecule has 15 atom stereocenters. The Morgan fingerprint density at radius 2 is 1.59 bits per heavy atom. The molecular weight excluding hydrogens is 827 g/mol. The minimum atomic E-state index is -2.52. The molecule has 4 heterocycles. The van der Waals surface area contributed by atoms with Gasteiger partial charge in [0.2, 0.25) is 5.79 Å². The molecule has 64 heavy (non-hydrogen) atoms. The van der Waals surface area contributed by atoms with Gasteiger partial charge in [0.25, 0.3) is 11.7 Å². The molecule has 0 aromatic heterocycles. The minimum absolute atomic E-state index is 0.0159. The third-order valence-electron chi connectivity index (χ3n) is 14.3. The lowest BCUT2D eigenvalue weighted by Crippen LogP contribution is -2.64. The van der Waals surface area contributed by atoms with Crippen LogP contribution < -0.4 is 0 Å². The zero-order valence-corrected chi connectivity index (χ0v) is 39.4. The van der Waals surface area contributed by atoms with E-state index in [9.17, 15) is 34.2 Å². The van der Waals surface area contributed by atoms with Crippen LogP contribution in [0.25, 0.3) is 0 Å². The number of piperidine rings is 1. The summed E-state index contributed by atoms with van der Waals surface area (Å²) < 4.78 is 41.8. The molecule has 1 amide bonds. The Morgan fingerprint density at radius 3 is 2.25 bits per heavy atom. The SMILES string of the molecule is C=CCC1=CC(C)C[C@H](C)C[C@H](OC)C2O[C@@](O)(C(=O)C(=O)N3CCCC[C@H]3C(=O)O[C@H](C(C)=C[C@@H]3CC[C@@H](OC[C@@H]4CCC(=O)O4)[C@H](OC)C3)[C@H](C)[C@@H](O)CC1=O)[C@H](C)C[C@@H]2OC. The summed E-state index contributed by atoms with van der Waals surface area (Å²) in [5.74, 6) is -7.63. The van der Waals surface area contributed by atoms with Crippen molar-refractivity contribution in [2.45, 2.75) is 179 Å². The number of esters is 2. The number of carbonyl (C=O) groups is 5. The largest absolute Gasteiger partial charge is 0.460 e. The number of fused-ring (bicyclic) bond motifs is 3. The molecule has 360 valence electrons. The van der Waals surface area contributed by atoms with E-state index in [1.54, 1.807) is 27.0 Å². The predicted molar refractivity (Wildman–Crippen MR) is 235 cm³/mol. The van der Waals surface area contributed by atoms with Crippen molar-refractivity contribution >= 4 is 29.4 Å². The number of cyclic esters (lactones) is 2. The number of ether oxygens (including phenoxy) is 7. The predicted octanol–water partition coefficient (Wildman–Crippen LogP) is 5.37. The molecule has 0 spiro atoms. The maximum Gasteiger partial charge on any atom is 0.329 e. The molecule has 4 aliphatic heterocycles. The second kappa shape index (κ2) is 23.4. The number of nitrogens with zero attached hydrogens (tertiary/aromatic N) is 1. The zero-order valence-electron chi connectivity index (χ0n) is 39.4. The van der Waals surface area contributed by atoms with Crippen LogP contribution in [0, 0.1) is 29.6 Å². The van der Waals surface area contributed by atoms with E-state index in [0.717, 1.165) is 6.42 Å². The van der Waals surface area contributed by atoms with Crippen LogP contribution in [0.3, 0.4) is 0 Å². The van der Waals surface area contributed by atoms with Gasteiger partial charge < -0.3 is 48.3 Å². The lowest BCUT2D eigenvalue weighted by atomic mass is 9.81. The summed E-state index contributed by atoms with van der Waals surface area (Å²) in [5.41, 5.74) is 1.18. The van der Waals surface area contributed by atoms with Gasteiger partial charge in [-0.1, -0.05) is 45.9 Å². The topological polar surface area (TPSA) is 194 Å². The average Bonchev–Trinajstić information content (AvgIpc) is 3.70. The number of methoxy groups -OCH3 is 3. The highest BCUT2D eigenvalue weighted by molar-refractivity contribution is 6.39. The van der Waals surface area contributed by atoms with Gasteiger partial charge >= 0.3 is 11.9 Å². The number of aliphatic hydroxyl groups is 2. The average molecular weight is 902 g/mol. The summed E-state index contributed by atoms with van der Waals surface area (Å²) in [7, 11) is 4.69. The summed E-state index contributed by atoms with van der Waals surface area (Å²) in [4.78, 5) is 70.0. The van der Waals surface area contributed by atoms with Crippen molar-refractivity contribution in [1.29, 1.82) is 0 Å². The van der Waals surface area contributed by atoms with Crippen molar-refractivity contribution in [3.8, 4) is 0 Å². The molecule has 5 aliphatic rings. The Morgan fingerprint density at radius 1 is 0.891 bits per heavy atom. The van der Waals surface area contributed by atoms with Gasteiger partial charge in [0, 0.05) is 52.6 Å². The van der Waals surface area contributed by atoms with Gasteiger partial charge in [0.05, 0.1) is 37.1 Å². The van der Waals surface area contributed by atoms with E-state index >= 15 is 0 Å². The summed E-state index contributed by atoms with van der Waals surface area (Å²) in [6.45, 7) is 13.5. The standard InChI is InChI=1S/C49H75NO14/c1-10-13-34-21-28(2)20-29(3)22-41(59-8)45-42(60-9)24-31(5)49(57,64-45)46(54)47(55)50-19-12-11-14-36(50)48(56)63-44(32(6)37(51)26-38(34)52)30(4)23-33-15-17-39(40(25-33)58-7)61-27-35-16-18-43(53)62-35/h10,21,23,28-29,31-33,35-37,39-42,44-45,51,57H,1,11-20,22,24-27H2,2-9H3/t28?,29-,31+,32+,33-,35-,36-,37-,39+,40+,41-,42-,44+,45?,49+/m0/s1. The maximum absolute atomic E-state index is 14.5. The Balaban J connectivity index is 1.48. The van der Waals surface area contributed by atoms with Gasteiger partial charge in [-0.15, -0.1) is 6.58 Å². The first-order valence-electron chi connectivity index (χ1n) is 23.5. The molecule has 5 rings (SSSR count). The van der Waals surface area contributed by atoms with Gasteiger partial charge in [0.1, 0.15) is 24.4 Å². The molecule has 4 fully saturated rings. The third kappa shape index (κ3) is 12.6. The number of hydrogen-bond acceptors (Lipinski definition) is 14. The van der Waals surface area contributed by atoms with E-state index in [2.05, 4.69) is 13.5 Å². The summed E-state index contributed by atoms with van der Waals surface area (Å²) in [6, 6.07) is -1.16. The van der Waals surface area contributed by atoms with Gasteiger partial charge in [-0.05, 0) is 106 Å². The molecule has 15 heteroatoms. The normalized spacial score (nSPS) is 39.3. The Hall–Kier alpha value is -3.31. The van der Waals surface area contributed by atoms with Crippen molar-refractivity contribution in [2.75, 3.05) is 34.5 Å². The van der Waals surface area contributed by atoms with Crippen molar-refractivity contribution in [3.05, 3.63) is 36.0 Å². The van der Waals surface area contributed by atoms with Crippen LogP contribution in [0.1, 0.15) is 118 Å². The monoisotopic (exact) mass is 902 g/mol. The lowest BCUT2D eigenvalue weighted by Gasteiger charge is -2.47.